The minimum atomic E-state index is -3.57. The summed E-state index contributed by atoms with van der Waals surface area (Å²) in [6.07, 6.45) is 1.13. The summed E-state index contributed by atoms with van der Waals surface area (Å²) in [5.74, 6) is 0.565. The Morgan fingerprint density at radius 3 is 2.84 bits per heavy atom. The van der Waals surface area contributed by atoms with Crippen molar-refractivity contribution in [3.63, 3.8) is 0 Å². The number of furan rings is 1. The molecule has 0 saturated carbocycles. The van der Waals surface area contributed by atoms with Crippen LogP contribution in [-0.4, -0.2) is 14.6 Å². The van der Waals surface area contributed by atoms with Crippen LogP contribution in [0.1, 0.15) is 6.92 Å². The van der Waals surface area contributed by atoms with Crippen molar-refractivity contribution in [3.8, 4) is 11.3 Å². The molecule has 2 N–H and O–H groups in total. The van der Waals surface area contributed by atoms with E-state index in [0.29, 0.717) is 22.0 Å². The van der Waals surface area contributed by atoms with E-state index in [1.807, 2.05) is 0 Å². The van der Waals surface area contributed by atoms with Gasteiger partial charge in [0.25, 0.3) is 0 Å². The number of fused-ring (bicyclic) bond motifs is 1. The van der Waals surface area contributed by atoms with Crippen LogP contribution < -0.4 is 10.0 Å². The monoisotopic (exact) mass is 298 g/mol. The number of hydrogen-bond acceptors (Lipinski definition) is 4. The molecule has 0 aliphatic carbocycles. The van der Waals surface area contributed by atoms with E-state index < -0.39 is 16.2 Å². The number of benzene rings is 1. The van der Waals surface area contributed by atoms with Gasteiger partial charge in [-0.05, 0) is 31.2 Å². The van der Waals surface area contributed by atoms with Gasteiger partial charge in [0.2, 0.25) is 10.0 Å². The molecule has 0 spiro atoms. The molecule has 7 heteroatoms. The second-order valence-electron chi connectivity index (χ2n) is 4.29. The maximum Gasteiger partial charge on any atom is 0.244 e. The summed E-state index contributed by atoms with van der Waals surface area (Å²) < 4.78 is 32.0. The smallest absolute Gasteiger partial charge is 0.244 e. The number of rotatable bonds is 1. The quantitative estimate of drug-likeness (QED) is 0.849. The highest BCUT2D eigenvalue weighted by Gasteiger charge is 2.30. The number of nitrogens with one attached hydrogen (secondary N) is 2. The summed E-state index contributed by atoms with van der Waals surface area (Å²) in [5.41, 5.74) is 1.13. The molecule has 100 valence electrons. The highest BCUT2D eigenvalue weighted by atomic mass is 35.5. The van der Waals surface area contributed by atoms with Crippen molar-refractivity contribution < 1.29 is 12.8 Å². The van der Waals surface area contributed by atoms with Crippen LogP contribution >= 0.6 is 11.6 Å². The van der Waals surface area contributed by atoms with Crippen molar-refractivity contribution in [2.45, 2.75) is 18.0 Å². The van der Waals surface area contributed by atoms with Crippen LogP contribution in [0.15, 0.2) is 39.8 Å². The molecule has 2 heterocycles. The Bertz CT molecular complexity index is 726. The van der Waals surface area contributed by atoms with Crippen molar-refractivity contribution >= 4 is 27.3 Å². The molecule has 1 aliphatic heterocycles. The van der Waals surface area contributed by atoms with E-state index in [0.717, 1.165) is 0 Å². The molecule has 2 aromatic rings. The van der Waals surface area contributed by atoms with Gasteiger partial charge in [-0.2, -0.15) is 4.72 Å². The molecular weight excluding hydrogens is 288 g/mol. The van der Waals surface area contributed by atoms with Crippen molar-refractivity contribution in [2.24, 2.45) is 0 Å². The molecular formula is C12H11ClN2O3S. The van der Waals surface area contributed by atoms with E-state index in [1.54, 1.807) is 25.1 Å². The van der Waals surface area contributed by atoms with E-state index in [4.69, 9.17) is 16.0 Å². The second kappa shape index (κ2) is 4.26. The van der Waals surface area contributed by atoms with Crippen LogP contribution in [0.2, 0.25) is 5.02 Å². The van der Waals surface area contributed by atoms with Crippen LogP contribution in [0.5, 0.6) is 0 Å². The molecule has 1 aromatic carbocycles. The van der Waals surface area contributed by atoms with Crippen molar-refractivity contribution in [2.75, 3.05) is 5.32 Å². The lowest BCUT2D eigenvalue weighted by Gasteiger charge is -2.27. The van der Waals surface area contributed by atoms with Gasteiger partial charge in [-0.1, -0.05) is 11.6 Å². The maximum absolute atomic E-state index is 12.1. The molecule has 0 fully saturated rings. The zero-order chi connectivity index (χ0) is 13.6. The lowest BCUT2D eigenvalue weighted by Crippen LogP contribution is -2.42. The van der Waals surface area contributed by atoms with E-state index in [9.17, 15) is 8.42 Å². The van der Waals surface area contributed by atoms with Gasteiger partial charge in [0.15, 0.2) is 0 Å². The van der Waals surface area contributed by atoms with E-state index >= 15 is 0 Å². The summed E-state index contributed by atoms with van der Waals surface area (Å²) in [6.45, 7) is 1.72. The second-order valence-corrected chi connectivity index (χ2v) is 6.41. The van der Waals surface area contributed by atoms with Gasteiger partial charge in [-0.3, -0.25) is 0 Å². The molecule has 3 rings (SSSR count). The fourth-order valence-corrected chi connectivity index (χ4v) is 3.76. The number of sulfonamides is 1. The Kier molecular flexibility index (Phi) is 2.81. The average Bonchev–Trinajstić information content (AvgIpc) is 2.82. The largest absolute Gasteiger partial charge is 0.464 e. The van der Waals surface area contributed by atoms with Gasteiger partial charge >= 0.3 is 0 Å². The van der Waals surface area contributed by atoms with Crippen molar-refractivity contribution in [3.05, 3.63) is 35.6 Å². The minimum Gasteiger partial charge on any atom is -0.464 e. The molecule has 5 nitrogen and oxygen atoms in total. The van der Waals surface area contributed by atoms with Gasteiger partial charge < -0.3 is 9.73 Å². The first-order valence-corrected chi connectivity index (χ1v) is 7.50. The third-order valence-electron chi connectivity index (χ3n) is 2.84. The minimum absolute atomic E-state index is 0.129. The van der Waals surface area contributed by atoms with Gasteiger partial charge in [0, 0.05) is 10.6 Å². The fourth-order valence-electron chi connectivity index (χ4n) is 2.11. The Hall–Kier alpha value is -1.50. The highest BCUT2D eigenvalue weighted by Crippen LogP contribution is 2.38. The SMILES string of the molecule is CC1Nc2c(-c3ccco3)cc(Cl)cc2S(=O)(=O)N1. The molecule has 0 radical (unpaired) electrons. The molecule has 0 amide bonds. The Balaban J connectivity index is 2.32. The maximum atomic E-state index is 12.1. The average molecular weight is 299 g/mol. The summed E-state index contributed by atoms with van der Waals surface area (Å²) in [7, 11) is -3.57. The predicted molar refractivity (Wildman–Crippen MR) is 72.6 cm³/mol. The zero-order valence-electron chi connectivity index (χ0n) is 9.98. The number of halogens is 1. The molecule has 0 bridgehead atoms. The third-order valence-corrected chi connectivity index (χ3v) is 4.62. The van der Waals surface area contributed by atoms with Crippen molar-refractivity contribution in [1.82, 2.24) is 4.72 Å². The van der Waals surface area contributed by atoms with E-state index in [1.165, 1.54) is 12.3 Å². The molecule has 0 saturated heterocycles. The number of anilines is 1. The normalized spacial score (nSPS) is 20.6. The Morgan fingerprint density at radius 2 is 2.16 bits per heavy atom. The third kappa shape index (κ3) is 2.11. The molecule has 1 aliphatic rings. The first-order chi connectivity index (χ1) is 8.97. The Morgan fingerprint density at radius 1 is 1.37 bits per heavy atom. The molecule has 1 atom stereocenters. The lowest BCUT2D eigenvalue weighted by molar-refractivity contribution is 0.564. The molecule has 1 unspecified atom stereocenters. The summed E-state index contributed by atoms with van der Waals surface area (Å²) in [4.78, 5) is 0.129. The zero-order valence-corrected chi connectivity index (χ0v) is 11.5. The van der Waals surface area contributed by atoms with E-state index in [-0.39, 0.29) is 4.90 Å². The van der Waals surface area contributed by atoms with Gasteiger partial charge in [-0.25, -0.2) is 8.42 Å². The molecule has 1 aromatic heterocycles. The summed E-state index contributed by atoms with van der Waals surface area (Å²) >= 11 is 6.00. The van der Waals surface area contributed by atoms with Gasteiger partial charge in [-0.15, -0.1) is 0 Å². The van der Waals surface area contributed by atoms with Crippen LogP contribution in [0.25, 0.3) is 11.3 Å². The van der Waals surface area contributed by atoms with Crippen LogP contribution in [0.3, 0.4) is 0 Å². The van der Waals surface area contributed by atoms with E-state index in [2.05, 4.69) is 10.0 Å². The van der Waals surface area contributed by atoms with Crippen LogP contribution in [0, 0.1) is 0 Å². The van der Waals surface area contributed by atoms with Crippen LogP contribution in [0.4, 0.5) is 5.69 Å². The van der Waals surface area contributed by atoms with Crippen LogP contribution in [-0.2, 0) is 10.0 Å². The summed E-state index contributed by atoms with van der Waals surface area (Å²) in [5, 5.41) is 3.43. The molecule has 19 heavy (non-hydrogen) atoms. The summed E-state index contributed by atoms with van der Waals surface area (Å²) in [6, 6.07) is 6.60. The highest BCUT2D eigenvalue weighted by molar-refractivity contribution is 7.89. The van der Waals surface area contributed by atoms with Gasteiger partial charge in [0.1, 0.15) is 10.7 Å². The number of hydrogen-bond donors (Lipinski definition) is 2. The predicted octanol–water partition coefficient (Wildman–Crippen LogP) is 2.65. The first kappa shape index (κ1) is 12.5. The Labute approximate surface area is 115 Å². The fraction of sp³-hybridized carbons (Fsp3) is 0.167. The lowest BCUT2D eigenvalue weighted by atomic mass is 10.1. The van der Waals surface area contributed by atoms with Gasteiger partial charge in [0.05, 0.1) is 18.1 Å². The standard InChI is InChI=1S/C12H11ClN2O3S/c1-7-14-12-9(10-3-2-4-18-10)5-8(13)6-11(12)19(16,17)15-7/h2-7,14-15H,1H3. The van der Waals surface area contributed by atoms with Crippen molar-refractivity contribution in [1.29, 1.82) is 0 Å². The first-order valence-electron chi connectivity index (χ1n) is 5.64. The topological polar surface area (TPSA) is 71.3 Å².